The average Bonchev–Trinajstić information content (AvgIpc) is 3.44. The molecular formula is C21H29FN2O5S. The third kappa shape index (κ3) is 6.77. The molecule has 1 saturated heterocycles. The summed E-state index contributed by atoms with van der Waals surface area (Å²) >= 11 is 0. The molecule has 2 N–H and O–H groups in total. The Morgan fingerprint density at radius 1 is 1.23 bits per heavy atom. The Hall–Kier alpha value is -2.00. The lowest BCUT2D eigenvalue weighted by molar-refractivity contribution is -0.125. The van der Waals surface area contributed by atoms with Gasteiger partial charge in [-0.1, -0.05) is 18.9 Å². The van der Waals surface area contributed by atoms with Gasteiger partial charge in [-0.15, -0.1) is 0 Å². The highest BCUT2D eigenvalue weighted by molar-refractivity contribution is 7.89. The van der Waals surface area contributed by atoms with E-state index in [1.54, 1.807) is 19.1 Å². The second-order valence-corrected chi connectivity index (χ2v) is 10.1. The molecule has 1 aromatic carbocycles. The first-order valence-corrected chi connectivity index (χ1v) is 12.1. The van der Waals surface area contributed by atoms with Crippen molar-refractivity contribution >= 4 is 21.8 Å². The van der Waals surface area contributed by atoms with Crippen molar-refractivity contribution in [3.63, 3.8) is 0 Å². The molecule has 0 bridgehead atoms. The first kappa shape index (κ1) is 22.7. The van der Waals surface area contributed by atoms with Gasteiger partial charge in [0.1, 0.15) is 0 Å². The quantitative estimate of drug-likeness (QED) is 0.384. The topological polar surface area (TPSA) is 102 Å². The smallest absolute Gasteiger partial charge is 0.230 e. The van der Waals surface area contributed by atoms with Crippen LogP contribution in [0.1, 0.15) is 63.5 Å². The lowest BCUT2D eigenvalue weighted by Crippen LogP contribution is -2.29. The van der Waals surface area contributed by atoms with Crippen LogP contribution < -0.4 is 14.8 Å². The van der Waals surface area contributed by atoms with E-state index < -0.39 is 21.9 Å². The van der Waals surface area contributed by atoms with E-state index in [2.05, 4.69) is 10.0 Å². The van der Waals surface area contributed by atoms with Gasteiger partial charge in [0.15, 0.2) is 11.6 Å². The first-order valence-electron chi connectivity index (χ1n) is 10.5. The summed E-state index contributed by atoms with van der Waals surface area (Å²) in [6.45, 7) is 2.20. The molecule has 0 spiro atoms. The van der Waals surface area contributed by atoms with Crippen LogP contribution >= 0.6 is 0 Å². The number of carbonyl (C=O) groups is 2. The van der Waals surface area contributed by atoms with Crippen molar-refractivity contribution in [3.8, 4) is 5.75 Å². The van der Waals surface area contributed by atoms with E-state index in [1.165, 1.54) is 6.07 Å². The Kier molecular flexibility index (Phi) is 7.46. The molecule has 166 valence electrons. The van der Waals surface area contributed by atoms with Crippen molar-refractivity contribution in [2.24, 2.45) is 11.8 Å². The number of nitrogens with one attached hydrogen (secondary N) is 2. The zero-order chi connectivity index (χ0) is 21.7. The van der Waals surface area contributed by atoms with E-state index in [9.17, 15) is 22.4 Å². The molecule has 2 unspecified atom stereocenters. The molecule has 0 radical (unpaired) electrons. The highest BCUT2D eigenvalue weighted by Gasteiger charge is 2.29. The number of carbonyl (C=O) groups excluding carboxylic acids is 2. The van der Waals surface area contributed by atoms with Crippen molar-refractivity contribution in [3.05, 3.63) is 29.6 Å². The number of hydrogen-bond donors (Lipinski definition) is 2. The van der Waals surface area contributed by atoms with Crippen LogP contribution in [0.5, 0.6) is 5.75 Å². The van der Waals surface area contributed by atoms with Gasteiger partial charge in [-0.3, -0.25) is 14.9 Å². The van der Waals surface area contributed by atoms with E-state index >= 15 is 0 Å². The Morgan fingerprint density at radius 3 is 2.67 bits per heavy atom. The Balaban J connectivity index is 1.42. The van der Waals surface area contributed by atoms with Crippen LogP contribution in [-0.4, -0.2) is 32.6 Å². The number of imide groups is 1. The fourth-order valence-corrected chi connectivity index (χ4v) is 4.86. The number of unbranched alkanes of at least 4 members (excludes halogenated alkanes) is 2. The van der Waals surface area contributed by atoms with Crippen molar-refractivity contribution in [2.75, 3.05) is 12.4 Å². The average molecular weight is 441 g/mol. The monoisotopic (exact) mass is 440 g/mol. The molecule has 9 heteroatoms. The Labute approximate surface area is 176 Å². The molecule has 1 heterocycles. The van der Waals surface area contributed by atoms with Crippen LogP contribution in [0.25, 0.3) is 0 Å². The van der Waals surface area contributed by atoms with Crippen molar-refractivity contribution in [1.82, 2.24) is 10.0 Å². The van der Waals surface area contributed by atoms with Gasteiger partial charge in [0, 0.05) is 18.4 Å². The number of ether oxygens (including phenoxy) is 1. The number of sulfonamides is 1. The maximum Gasteiger partial charge on any atom is 0.230 e. The molecule has 1 aliphatic heterocycles. The summed E-state index contributed by atoms with van der Waals surface area (Å²) in [5, 5.41) is 2.28. The van der Waals surface area contributed by atoms with Crippen LogP contribution in [0.2, 0.25) is 0 Å². The summed E-state index contributed by atoms with van der Waals surface area (Å²) in [5.74, 6) is -0.601. The van der Waals surface area contributed by atoms with Gasteiger partial charge in [0.25, 0.3) is 0 Å². The van der Waals surface area contributed by atoms with Crippen molar-refractivity contribution < 1.29 is 27.1 Å². The molecule has 0 aromatic heterocycles. The zero-order valence-electron chi connectivity index (χ0n) is 17.2. The fourth-order valence-electron chi connectivity index (χ4n) is 3.49. The normalized spacial score (nSPS) is 20.3. The first-order chi connectivity index (χ1) is 14.2. The van der Waals surface area contributed by atoms with Crippen molar-refractivity contribution in [2.45, 2.75) is 57.9 Å². The summed E-state index contributed by atoms with van der Waals surface area (Å²) in [7, 11) is -3.50. The van der Waals surface area contributed by atoms with Gasteiger partial charge >= 0.3 is 0 Å². The minimum atomic E-state index is -3.50. The van der Waals surface area contributed by atoms with Gasteiger partial charge in [-0.05, 0) is 56.2 Å². The standard InChI is InChI=1S/C21H29FN2O5S/c1-14(16-8-9-18(22)19(11-16)29-13-15-6-7-15)24-30(27,28)10-4-2-3-5-17-12-20(25)23-21(17)26/h8-9,11,14-15,17,24H,2-7,10,12-13H2,1H3,(H,23,25,26). The summed E-state index contributed by atoms with van der Waals surface area (Å²) < 4.78 is 46.8. The Morgan fingerprint density at radius 2 is 2.00 bits per heavy atom. The molecule has 1 aromatic rings. The number of benzene rings is 1. The summed E-state index contributed by atoms with van der Waals surface area (Å²) in [6, 6.07) is 3.90. The molecule has 2 atom stereocenters. The van der Waals surface area contributed by atoms with Crippen molar-refractivity contribution in [1.29, 1.82) is 0 Å². The molecule has 1 aliphatic carbocycles. The predicted octanol–water partition coefficient (Wildman–Crippen LogP) is 2.82. The SMILES string of the molecule is CC(NS(=O)(=O)CCCCCC1CC(=O)NC1=O)c1ccc(F)c(OCC2CC2)c1. The highest BCUT2D eigenvalue weighted by atomic mass is 32.2. The van der Waals surface area contributed by atoms with E-state index in [0.29, 0.717) is 43.8 Å². The molecule has 3 rings (SSSR count). The van der Waals surface area contributed by atoms with Crippen LogP contribution in [0.15, 0.2) is 18.2 Å². The molecule has 1 saturated carbocycles. The minimum absolute atomic E-state index is 0.0284. The Bertz CT molecular complexity index is 885. The molecular weight excluding hydrogens is 411 g/mol. The third-order valence-corrected chi connectivity index (χ3v) is 7.05. The summed E-state index contributed by atoms with van der Waals surface area (Å²) in [4.78, 5) is 22.7. The molecule has 2 aliphatic rings. The van der Waals surface area contributed by atoms with Gasteiger partial charge in [-0.25, -0.2) is 17.5 Å². The maximum absolute atomic E-state index is 13.9. The van der Waals surface area contributed by atoms with Crippen LogP contribution in [0, 0.1) is 17.7 Å². The number of amides is 2. The second kappa shape index (κ2) is 9.87. The maximum atomic E-state index is 13.9. The van der Waals surface area contributed by atoms with Gasteiger partial charge in [-0.2, -0.15) is 0 Å². The molecule has 7 nitrogen and oxygen atoms in total. The molecule has 2 amide bonds. The van der Waals surface area contributed by atoms with Gasteiger partial charge < -0.3 is 4.74 Å². The lowest BCUT2D eigenvalue weighted by atomic mass is 10.00. The van der Waals surface area contributed by atoms with E-state index in [4.69, 9.17) is 4.74 Å². The second-order valence-electron chi connectivity index (χ2n) is 8.27. The summed E-state index contributed by atoms with van der Waals surface area (Å²) in [6.07, 6.45) is 4.82. The van der Waals surface area contributed by atoms with Crippen LogP contribution in [-0.2, 0) is 19.6 Å². The van der Waals surface area contributed by atoms with Gasteiger partial charge in [0.05, 0.1) is 12.4 Å². The number of halogens is 1. The third-order valence-electron chi connectivity index (χ3n) is 5.51. The highest BCUT2D eigenvalue weighted by Crippen LogP contribution is 2.31. The van der Waals surface area contributed by atoms with Crippen LogP contribution in [0.4, 0.5) is 4.39 Å². The molecule has 30 heavy (non-hydrogen) atoms. The van der Waals surface area contributed by atoms with E-state index in [1.807, 2.05) is 0 Å². The van der Waals surface area contributed by atoms with Crippen LogP contribution in [0.3, 0.4) is 0 Å². The van der Waals surface area contributed by atoms with E-state index in [-0.39, 0.29) is 35.7 Å². The lowest BCUT2D eigenvalue weighted by Gasteiger charge is -2.16. The largest absolute Gasteiger partial charge is 0.490 e. The minimum Gasteiger partial charge on any atom is -0.490 e. The molecule has 2 fully saturated rings. The van der Waals surface area contributed by atoms with Gasteiger partial charge in [0.2, 0.25) is 21.8 Å². The zero-order valence-corrected chi connectivity index (χ0v) is 18.0. The summed E-state index contributed by atoms with van der Waals surface area (Å²) in [5.41, 5.74) is 0.641. The predicted molar refractivity (Wildman–Crippen MR) is 110 cm³/mol. The number of rotatable bonds is 12. The van der Waals surface area contributed by atoms with E-state index in [0.717, 1.165) is 12.8 Å². The number of hydrogen-bond acceptors (Lipinski definition) is 5. The fraction of sp³-hybridized carbons (Fsp3) is 0.619.